The topological polar surface area (TPSA) is 56.5 Å². The first-order valence-corrected chi connectivity index (χ1v) is 8.31. The van der Waals surface area contributed by atoms with Crippen LogP contribution >= 0.6 is 0 Å². The van der Waals surface area contributed by atoms with Gasteiger partial charge in [0.25, 0.3) is 0 Å². The van der Waals surface area contributed by atoms with E-state index in [4.69, 9.17) is 9.15 Å². The molecule has 0 amide bonds. The van der Waals surface area contributed by atoms with Crippen LogP contribution in [0.2, 0.25) is 0 Å². The van der Waals surface area contributed by atoms with Gasteiger partial charge < -0.3 is 9.15 Å². The van der Waals surface area contributed by atoms with Gasteiger partial charge in [-0.15, -0.1) is 0 Å². The minimum absolute atomic E-state index is 0.0281. The van der Waals surface area contributed by atoms with Crippen molar-refractivity contribution in [2.24, 2.45) is 0 Å². The first kappa shape index (κ1) is 16.1. The Labute approximate surface area is 150 Å². The Morgan fingerprint density at radius 1 is 0.962 bits per heavy atom. The largest absolute Gasteiger partial charge is 0.464 e. The van der Waals surface area contributed by atoms with Crippen molar-refractivity contribution in [3.8, 4) is 5.75 Å². The fourth-order valence-electron chi connectivity index (χ4n) is 3.09. The number of esters is 1. The van der Waals surface area contributed by atoms with Crippen LogP contribution in [0.25, 0.3) is 21.7 Å². The fraction of sp³-hybridized carbons (Fsp3) is 0.0909. The minimum atomic E-state index is -0.379. The van der Waals surface area contributed by atoms with Gasteiger partial charge in [-0.25, -0.2) is 0 Å². The summed E-state index contributed by atoms with van der Waals surface area (Å²) in [6, 6.07) is 18.4. The monoisotopic (exact) mass is 344 g/mol. The van der Waals surface area contributed by atoms with E-state index in [1.165, 1.54) is 6.92 Å². The molecular weight excluding hydrogens is 328 g/mol. The van der Waals surface area contributed by atoms with Gasteiger partial charge >= 0.3 is 5.97 Å². The third-order valence-electron chi connectivity index (χ3n) is 4.37. The summed E-state index contributed by atoms with van der Waals surface area (Å²) in [5.41, 5.74) is 2.12. The molecule has 4 aromatic rings. The maximum atomic E-state index is 12.3. The molecule has 4 heteroatoms. The van der Waals surface area contributed by atoms with E-state index in [2.05, 4.69) is 0 Å². The number of hydrogen-bond acceptors (Lipinski definition) is 4. The van der Waals surface area contributed by atoms with Crippen molar-refractivity contribution in [1.29, 1.82) is 0 Å². The predicted molar refractivity (Wildman–Crippen MR) is 99.5 cm³/mol. The zero-order chi connectivity index (χ0) is 18.1. The van der Waals surface area contributed by atoms with Gasteiger partial charge in [0.1, 0.15) is 11.3 Å². The molecule has 0 aliphatic heterocycles. The Kier molecular flexibility index (Phi) is 4.01. The summed E-state index contributed by atoms with van der Waals surface area (Å²) >= 11 is 0. The number of carbonyl (C=O) groups excluding carboxylic acids is 2. The van der Waals surface area contributed by atoms with E-state index < -0.39 is 0 Å². The molecule has 4 rings (SSSR count). The van der Waals surface area contributed by atoms with Crippen LogP contribution < -0.4 is 4.74 Å². The number of Topliss-reactive ketones (excluding diaryl/α,β-unsaturated/α-hetero) is 1. The summed E-state index contributed by atoms with van der Waals surface area (Å²) in [7, 11) is 0. The van der Waals surface area contributed by atoms with Crippen molar-refractivity contribution in [2.45, 2.75) is 13.3 Å². The van der Waals surface area contributed by atoms with E-state index in [0.29, 0.717) is 11.3 Å². The lowest BCUT2D eigenvalue weighted by molar-refractivity contribution is -0.133. The van der Waals surface area contributed by atoms with Crippen LogP contribution in [0.15, 0.2) is 71.3 Å². The van der Waals surface area contributed by atoms with E-state index in [0.717, 1.165) is 27.3 Å². The van der Waals surface area contributed by atoms with Crippen molar-refractivity contribution in [3.63, 3.8) is 0 Å². The molecule has 128 valence electrons. The molecule has 1 aromatic heterocycles. The standard InChI is InChI=1S/C22H16O4/c1-14(23)15-6-9-18(10-7-15)26-21(24)12-17-13-25-20-11-8-16-4-2-3-5-19(16)22(17)20/h2-11,13H,12H2,1H3. The van der Waals surface area contributed by atoms with Gasteiger partial charge in [0.2, 0.25) is 0 Å². The summed E-state index contributed by atoms with van der Waals surface area (Å²) in [6.07, 6.45) is 1.71. The number of carbonyl (C=O) groups is 2. The smallest absolute Gasteiger partial charge is 0.315 e. The second kappa shape index (κ2) is 6.48. The van der Waals surface area contributed by atoms with E-state index in [9.17, 15) is 9.59 Å². The zero-order valence-corrected chi connectivity index (χ0v) is 14.2. The summed E-state index contributed by atoms with van der Waals surface area (Å²) in [5, 5.41) is 3.08. The number of fused-ring (bicyclic) bond motifs is 3. The number of ether oxygens (including phenoxy) is 1. The maximum Gasteiger partial charge on any atom is 0.315 e. The second-order valence-corrected chi connectivity index (χ2v) is 6.15. The van der Waals surface area contributed by atoms with Crippen LogP contribution in [-0.4, -0.2) is 11.8 Å². The summed E-state index contributed by atoms with van der Waals surface area (Å²) < 4.78 is 11.0. The molecule has 0 aliphatic carbocycles. The van der Waals surface area contributed by atoms with Crippen LogP contribution in [0, 0.1) is 0 Å². The summed E-state index contributed by atoms with van der Waals surface area (Å²) in [5.74, 6) is 0.00786. The Hall–Kier alpha value is -3.40. The van der Waals surface area contributed by atoms with Crippen molar-refractivity contribution in [2.75, 3.05) is 0 Å². The van der Waals surface area contributed by atoms with Crippen molar-refractivity contribution in [3.05, 3.63) is 78.1 Å². The molecule has 0 radical (unpaired) electrons. The molecule has 0 unspecified atom stereocenters. The zero-order valence-electron chi connectivity index (χ0n) is 14.2. The molecule has 0 bridgehead atoms. The number of hydrogen-bond donors (Lipinski definition) is 0. The van der Waals surface area contributed by atoms with E-state index in [1.54, 1.807) is 30.5 Å². The number of rotatable bonds is 4. The van der Waals surface area contributed by atoms with Gasteiger partial charge in [0.15, 0.2) is 5.78 Å². The average Bonchev–Trinajstić information content (AvgIpc) is 3.05. The lowest BCUT2D eigenvalue weighted by atomic mass is 10.0. The highest BCUT2D eigenvalue weighted by atomic mass is 16.5. The third kappa shape index (κ3) is 2.97. The first-order valence-electron chi connectivity index (χ1n) is 8.31. The van der Waals surface area contributed by atoms with Crippen LogP contribution in [0.5, 0.6) is 5.75 Å². The number of ketones is 1. The van der Waals surface area contributed by atoms with Gasteiger partial charge in [0, 0.05) is 16.5 Å². The van der Waals surface area contributed by atoms with Gasteiger partial charge in [-0.3, -0.25) is 9.59 Å². The van der Waals surface area contributed by atoms with Gasteiger partial charge in [0.05, 0.1) is 12.7 Å². The molecular formula is C22H16O4. The average molecular weight is 344 g/mol. The highest BCUT2D eigenvalue weighted by Gasteiger charge is 2.14. The Bertz CT molecular complexity index is 1120. The molecule has 4 nitrogen and oxygen atoms in total. The molecule has 0 fully saturated rings. The quantitative estimate of drug-likeness (QED) is 0.299. The molecule has 0 saturated heterocycles. The van der Waals surface area contributed by atoms with Crippen LogP contribution in [0.3, 0.4) is 0 Å². The van der Waals surface area contributed by atoms with Crippen molar-refractivity contribution < 1.29 is 18.7 Å². The Morgan fingerprint density at radius 3 is 2.50 bits per heavy atom. The third-order valence-corrected chi connectivity index (χ3v) is 4.37. The van der Waals surface area contributed by atoms with Crippen LogP contribution in [-0.2, 0) is 11.2 Å². The molecule has 0 atom stereocenters. The van der Waals surface area contributed by atoms with Gasteiger partial charge in [-0.2, -0.15) is 0 Å². The lowest BCUT2D eigenvalue weighted by Gasteiger charge is -2.05. The lowest BCUT2D eigenvalue weighted by Crippen LogP contribution is -2.11. The van der Waals surface area contributed by atoms with Crippen LogP contribution in [0.4, 0.5) is 0 Å². The number of benzene rings is 3. The highest BCUT2D eigenvalue weighted by molar-refractivity contribution is 6.08. The first-order chi connectivity index (χ1) is 12.6. The van der Waals surface area contributed by atoms with Gasteiger partial charge in [-0.1, -0.05) is 30.3 Å². The molecule has 3 aromatic carbocycles. The van der Waals surface area contributed by atoms with Crippen molar-refractivity contribution >= 4 is 33.5 Å². The molecule has 0 spiro atoms. The molecule has 26 heavy (non-hydrogen) atoms. The molecule has 0 saturated carbocycles. The molecule has 1 heterocycles. The van der Waals surface area contributed by atoms with E-state index in [1.807, 2.05) is 36.4 Å². The Morgan fingerprint density at radius 2 is 1.73 bits per heavy atom. The fourth-order valence-corrected chi connectivity index (χ4v) is 3.09. The second-order valence-electron chi connectivity index (χ2n) is 6.15. The highest BCUT2D eigenvalue weighted by Crippen LogP contribution is 2.30. The SMILES string of the molecule is CC(=O)c1ccc(OC(=O)Cc2coc3ccc4ccccc4c23)cc1. The van der Waals surface area contributed by atoms with Crippen molar-refractivity contribution in [1.82, 2.24) is 0 Å². The van der Waals surface area contributed by atoms with Gasteiger partial charge in [-0.05, 0) is 48.0 Å². The van der Waals surface area contributed by atoms with E-state index in [-0.39, 0.29) is 18.2 Å². The minimum Gasteiger partial charge on any atom is -0.464 e. The van der Waals surface area contributed by atoms with Crippen LogP contribution in [0.1, 0.15) is 22.8 Å². The predicted octanol–water partition coefficient (Wildman–Crippen LogP) is 4.94. The normalized spacial score (nSPS) is 11.0. The maximum absolute atomic E-state index is 12.3. The Balaban J connectivity index is 1.59. The molecule has 0 N–H and O–H groups in total. The molecule has 0 aliphatic rings. The van der Waals surface area contributed by atoms with E-state index >= 15 is 0 Å². The summed E-state index contributed by atoms with van der Waals surface area (Å²) in [6.45, 7) is 1.50. The summed E-state index contributed by atoms with van der Waals surface area (Å²) in [4.78, 5) is 23.7. The number of furan rings is 1.